The van der Waals surface area contributed by atoms with Crippen LogP contribution in [0.1, 0.15) is 26.2 Å². The van der Waals surface area contributed by atoms with Gasteiger partial charge < -0.3 is 9.84 Å². The van der Waals surface area contributed by atoms with E-state index in [0.29, 0.717) is 12.8 Å². The average Bonchev–Trinajstić information content (AvgIpc) is 2.50. The van der Waals surface area contributed by atoms with Crippen LogP contribution in [0.5, 0.6) is 0 Å². The highest BCUT2D eigenvalue weighted by molar-refractivity contribution is 5.89. The number of hydrogen-bond donors (Lipinski definition) is 1. The van der Waals surface area contributed by atoms with Crippen LogP contribution in [0, 0.1) is 5.92 Å². The largest absolute Gasteiger partial charge is 0.464 e. The number of carbonyl (C=O) groups excluding carboxylic acids is 2. The first-order valence-corrected chi connectivity index (χ1v) is 4.54. The standard InChI is InChI=1S/C9H14O4/c1-2-13-9(12)8(11)6-4-3-5-7(6)10/h6,8,11H,2-5H2,1H3/t6-,8-/m1/s1. The Morgan fingerprint density at radius 1 is 1.77 bits per heavy atom. The molecule has 1 rings (SSSR count). The zero-order valence-electron chi connectivity index (χ0n) is 7.66. The van der Waals surface area contributed by atoms with Crippen molar-refractivity contribution in [2.24, 2.45) is 5.92 Å². The van der Waals surface area contributed by atoms with Gasteiger partial charge in [0.2, 0.25) is 0 Å². The molecule has 1 aliphatic rings. The minimum atomic E-state index is -1.25. The van der Waals surface area contributed by atoms with Crippen LogP contribution >= 0.6 is 0 Å². The van der Waals surface area contributed by atoms with E-state index >= 15 is 0 Å². The van der Waals surface area contributed by atoms with E-state index in [-0.39, 0.29) is 12.4 Å². The average molecular weight is 186 g/mol. The SMILES string of the molecule is CCOC(=O)[C@H](O)[C@@H]1CCCC1=O. The van der Waals surface area contributed by atoms with E-state index in [1.165, 1.54) is 0 Å². The van der Waals surface area contributed by atoms with E-state index in [0.717, 1.165) is 6.42 Å². The highest BCUT2D eigenvalue weighted by Gasteiger charge is 2.35. The molecule has 4 nitrogen and oxygen atoms in total. The van der Waals surface area contributed by atoms with Crippen LogP contribution in [0.15, 0.2) is 0 Å². The first-order valence-electron chi connectivity index (χ1n) is 4.54. The van der Waals surface area contributed by atoms with Crippen molar-refractivity contribution in [2.75, 3.05) is 6.61 Å². The topological polar surface area (TPSA) is 63.6 Å². The fourth-order valence-electron chi connectivity index (χ4n) is 1.57. The number of hydrogen-bond acceptors (Lipinski definition) is 4. The summed E-state index contributed by atoms with van der Waals surface area (Å²) in [5.41, 5.74) is 0. The van der Waals surface area contributed by atoms with Crippen molar-refractivity contribution in [3.63, 3.8) is 0 Å². The second-order valence-corrected chi connectivity index (χ2v) is 3.16. The van der Waals surface area contributed by atoms with Gasteiger partial charge in [-0.25, -0.2) is 4.79 Å². The van der Waals surface area contributed by atoms with Crippen molar-refractivity contribution in [1.82, 2.24) is 0 Å². The van der Waals surface area contributed by atoms with E-state index in [2.05, 4.69) is 4.74 Å². The lowest BCUT2D eigenvalue weighted by Crippen LogP contribution is -2.33. The van der Waals surface area contributed by atoms with Crippen LogP contribution in [-0.4, -0.2) is 29.6 Å². The van der Waals surface area contributed by atoms with Crippen LogP contribution in [-0.2, 0) is 14.3 Å². The summed E-state index contributed by atoms with van der Waals surface area (Å²) in [5.74, 6) is -1.23. The highest BCUT2D eigenvalue weighted by atomic mass is 16.5. The van der Waals surface area contributed by atoms with Gasteiger partial charge in [0.05, 0.1) is 12.5 Å². The zero-order valence-corrected chi connectivity index (χ0v) is 7.66. The van der Waals surface area contributed by atoms with Crippen LogP contribution in [0.3, 0.4) is 0 Å². The number of ether oxygens (including phenoxy) is 1. The number of aliphatic hydroxyl groups excluding tert-OH is 1. The van der Waals surface area contributed by atoms with E-state index in [1.807, 2.05) is 0 Å². The summed E-state index contributed by atoms with van der Waals surface area (Å²) in [7, 11) is 0. The number of ketones is 1. The molecule has 0 aromatic rings. The lowest BCUT2D eigenvalue weighted by atomic mass is 10.0. The first-order chi connectivity index (χ1) is 6.16. The Morgan fingerprint density at radius 3 is 2.92 bits per heavy atom. The molecule has 0 bridgehead atoms. The molecule has 1 saturated carbocycles. The van der Waals surface area contributed by atoms with Gasteiger partial charge in [0.25, 0.3) is 0 Å². The third-order valence-corrected chi connectivity index (χ3v) is 2.26. The summed E-state index contributed by atoms with van der Waals surface area (Å²) in [6.07, 6.45) is 0.579. The Hall–Kier alpha value is -0.900. The summed E-state index contributed by atoms with van der Waals surface area (Å²) in [6, 6.07) is 0. The smallest absolute Gasteiger partial charge is 0.335 e. The molecule has 4 heteroatoms. The molecule has 0 saturated heterocycles. The predicted molar refractivity (Wildman–Crippen MR) is 45.0 cm³/mol. The molecular weight excluding hydrogens is 172 g/mol. The van der Waals surface area contributed by atoms with Crippen LogP contribution in [0.25, 0.3) is 0 Å². The lowest BCUT2D eigenvalue weighted by molar-refractivity contribution is -0.157. The van der Waals surface area contributed by atoms with Gasteiger partial charge in [-0.3, -0.25) is 4.79 Å². The number of Topliss-reactive ketones (excluding diaryl/α,β-unsaturated/α-hetero) is 1. The fraction of sp³-hybridized carbons (Fsp3) is 0.778. The molecule has 0 heterocycles. The molecule has 0 aliphatic heterocycles. The quantitative estimate of drug-likeness (QED) is 0.643. The van der Waals surface area contributed by atoms with Crippen LogP contribution < -0.4 is 0 Å². The second-order valence-electron chi connectivity index (χ2n) is 3.16. The number of rotatable bonds is 3. The maximum absolute atomic E-state index is 11.2. The summed E-state index contributed by atoms with van der Waals surface area (Å²) < 4.78 is 4.62. The monoisotopic (exact) mass is 186 g/mol. The summed E-state index contributed by atoms with van der Waals surface area (Å²) in [5, 5.41) is 9.42. The van der Waals surface area contributed by atoms with E-state index in [4.69, 9.17) is 0 Å². The number of esters is 1. The van der Waals surface area contributed by atoms with Gasteiger partial charge in [0.1, 0.15) is 5.78 Å². The van der Waals surface area contributed by atoms with Gasteiger partial charge in [-0.2, -0.15) is 0 Å². The molecule has 0 unspecified atom stereocenters. The van der Waals surface area contributed by atoms with Crippen LogP contribution in [0.4, 0.5) is 0 Å². The predicted octanol–water partition coefficient (Wildman–Crippen LogP) is 0.280. The Bertz CT molecular complexity index is 212. The van der Waals surface area contributed by atoms with Crippen molar-refractivity contribution >= 4 is 11.8 Å². The second kappa shape index (κ2) is 4.37. The molecule has 0 radical (unpaired) electrons. The third kappa shape index (κ3) is 2.28. The van der Waals surface area contributed by atoms with Gasteiger partial charge in [-0.05, 0) is 19.8 Å². The zero-order chi connectivity index (χ0) is 9.84. The number of carbonyl (C=O) groups is 2. The molecule has 1 aliphatic carbocycles. The lowest BCUT2D eigenvalue weighted by Gasteiger charge is -2.14. The van der Waals surface area contributed by atoms with E-state index in [9.17, 15) is 14.7 Å². The van der Waals surface area contributed by atoms with Crippen molar-refractivity contribution < 1.29 is 19.4 Å². The van der Waals surface area contributed by atoms with Gasteiger partial charge in [-0.15, -0.1) is 0 Å². The molecule has 1 fully saturated rings. The number of aliphatic hydroxyl groups is 1. The van der Waals surface area contributed by atoms with Gasteiger partial charge in [0, 0.05) is 6.42 Å². The minimum Gasteiger partial charge on any atom is -0.464 e. The molecule has 0 aromatic carbocycles. The van der Waals surface area contributed by atoms with Crippen molar-refractivity contribution in [3.05, 3.63) is 0 Å². The molecule has 0 spiro atoms. The molecule has 13 heavy (non-hydrogen) atoms. The maximum Gasteiger partial charge on any atom is 0.335 e. The van der Waals surface area contributed by atoms with Crippen molar-refractivity contribution in [2.45, 2.75) is 32.3 Å². The molecule has 0 amide bonds. The van der Waals surface area contributed by atoms with E-state index < -0.39 is 18.0 Å². The van der Waals surface area contributed by atoms with E-state index in [1.54, 1.807) is 6.92 Å². The molecule has 1 N–H and O–H groups in total. The fourth-order valence-corrected chi connectivity index (χ4v) is 1.57. The highest BCUT2D eigenvalue weighted by Crippen LogP contribution is 2.24. The summed E-state index contributed by atoms with van der Waals surface area (Å²) in [4.78, 5) is 22.2. The summed E-state index contributed by atoms with van der Waals surface area (Å²) in [6.45, 7) is 1.90. The first kappa shape index (κ1) is 10.2. The Balaban J connectivity index is 2.50. The molecular formula is C9H14O4. The Kier molecular flexibility index (Phi) is 3.42. The van der Waals surface area contributed by atoms with Crippen molar-refractivity contribution in [3.8, 4) is 0 Å². The molecule has 74 valence electrons. The van der Waals surface area contributed by atoms with Gasteiger partial charge in [-0.1, -0.05) is 0 Å². The molecule has 0 aromatic heterocycles. The normalized spacial score (nSPS) is 24.5. The molecule has 2 atom stereocenters. The van der Waals surface area contributed by atoms with Crippen LogP contribution in [0.2, 0.25) is 0 Å². The van der Waals surface area contributed by atoms with Gasteiger partial charge in [0.15, 0.2) is 6.10 Å². The summed E-state index contributed by atoms with van der Waals surface area (Å²) >= 11 is 0. The Morgan fingerprint density at radius 2 is 2.46 bits per heavy atom. The minimum absolute atomic E-state index is 0.0273. The third-order valence-electron chi connectivity index (χ3n) is 2.26. The van der Waals surface area contributed by atoms with Crippen molar-refractivity contribution in [1.29, 1.82) is 0 Å². The maximum atomic E-state index is 11.2. The Labute approximate surface area is 76.9 Å². The van der Waals surface area contributed by atoms with Gasteiger partial charge >= 0.3 is 5.97 Å².